The highest BCUT2D eigenvalue weighted by Crippen LogP contribution is 2.19. The molecule has 0 saturated carbocycles. The van der Waals surface area contributed by atoms with Crippen molar-refractivity contribution in [3.05, 3.63) is 90.0 Å². The van der Waals surface area contributed by atoms with E-state index >= 15 is 0 Å². The third kappa shape index (κ3) is 5.88. The van der Waals surface area contributed by atoms with Gasteiger partial charge in [-0.05, 0) is 53.4 Å². The maximum Gasteiger partial charge on any atom is 0.262 e. The molecule has 4 nitrogen and oxygen atoms in total. The van der Waals surface area contributed by atoms with Crippen molar-refractivity contribution in [1.82, 2.24) is 0 Å². The fourth-order valence-electron chi connectivity index (χ4n) is 2.67. The average molecular weight is 375 g/mol. The molecular weight excluding hydrogens is 350 g/mol. The van der Waals surface area contributed by atoms with Gasteiger partial charge in [-0.2, -0.15) is 0 Å². The molecule has 3 aromatic rings. The summed E-state index contributed by atoms with van der Waals surface area (Å²) in [5, 5.41) is 2.84. The monoisotopic (exact) mass is 375 g/mol. The second-order valence-corrected chi connectivity index (χ2v) is 6.86. The number of benzene rings is 3. The number of carbonyl (C=O) groups is 1. The molecular formula is C24H25NO3. The summed E-state index contributed by atoms with van der Waals surface area (Å²) in [6.07, 6.45) is 0. The van der Waals surface area contributed by atoms with Crippen molar-refractivity contribution in [3.8, 4) is 11.5 Å². The molecule has 3 rings (SSSR count). The number of carbonyl (C=O) groups excluding carboxylic acids is 1. The average Bonchev–Trinajstić information content (AvgIpc) is 2.72. The lowest BCUT2D eigenvalue weighted by Crippen LogP contribution is -2.20. The van der Waals surface area contributed by atoms with Crippen LogP contribution in [0.25, 0.3) is 0 Å². The minimum absolute atomic E-state index is 0.0455. The molecule has 4 heteroatoms. The van der Waals surface area contributed by atoms with Crippen LogP contribution in [0.2, 0.25) is 0 Å². The number of anilines is 1. The largest absolute Gasteiger partial charge is 0.489 e. The van der Waals surface area contributed by atoms with Crippen LogP contribution >= 0.6 is 0 Å². The Hall–Kier alpha value is -3.27. The lowest BCUT2D eigenvalue weighted by molar-refractivity contribution is -0.118. The van der Waals surface area contributed by atoms with Crippen molar-refractivity contribution in [3.63, 3.8) is 0 Å². The number of hydrogen-bond donors (Lipinski definition) is 1. The molecule has 0 fully saturated rings. The number of nitrogens with one attached hydrogen (secondary N) is 1. The molecule has 0 atom stereocenters. The first kappa shape index (κ1) is 19.5. The van der Waals surface area contributed by atoms with E-state index in [2.05, 4.69) is 19.2 Å². The van der Waals surface area contributed by atoms with Gasteiger partial charge in [0.25, 0.3) is 5.91 Å². The lowest BCUT2D eigenvalue weighted by atomic mass is 10.0. The maximum atomic E-state index is 12.1. The van der Waals surface area contributed by atoms with Crippen LogP contribution in [-0.2, 0) is 11.4 Å². The minimum atomic E-state index is -0.193. The normalized spacial score (nSPS) is 10.5. The quantitative estimate of drug-likeness (QED) is 0.573. The zero-order chi connectivity index (χ0) is 19.8. The van der Waals surface area contributed by atoms with Gasteiger partial charge in [-0.1, -0.05) is 56.3 Å². The summed E-state index contributed by atoms with van der Waals surface area (Å²) < 4.78 is 11.3. The molecule has 0 saturated heterocycles. The van der Waals surface area contributed by atoms with E-state index in [1.165, 1.54) is 5.56 Å². The minimum Gasteiger partial charge on any atom is -0.489 e. The molecule has 0 aliphatic heterocycles. The first-order valence-electron chi connectivity index (χ1n) is 9.39. The summed E-state index contributed by atoms with van der Waals surface area (Å²) in [5.74, 6) is 1.65. The highest BCUT2D eigenvalue weighted by molar-refractivity contribution is 5.91. The van der Waals surface area contributed by atoms with E-state index in [1.807, 2.05) is 66.7 Å². The first-order valence-corrected chi connectivity index (χ1v) is 9.39. The smallest absolute Gasteiger partial charge is 0.262 e. The van der Waals surface area contributed by atoms with Crippen LogP contribution < -0.4 is 14.8 Å². The molecule has 0 aliphatic carbocycles. The van der Waals surface area contributed by atoms with E-state index in [0.717, 1.165) is 17.0 Å². The molecule has 0 aromatic heterocycles. The van der Waals surface area contributed by atoms with Gasteiger partial charge in [-0.25, -0.2) is 0 Å². The second kappa shape index (κ2) is 9.60. The molecule has 1 amide bonds. The molecule has 0 unspecified atom stereocenters. The van der Waals surface area contributed by atoms with E-state index in [0.29, 0.717) is 18.3 Å². The van der Waals surface area contributed by atoms with Crippen LogP contribution in [0.3, 0.4) is 0 Å². The number of rotatable bonds is 8. The Balaban J connectivity index is 1.44. The van der Waals surface area contributed by atoms with Gasteiger partial charge in [0.15, 0.2) is 6.61 Å². The zero-order valence-electron chi connectivity index (χ0n) is 16.2. The van der Waals surface area contributed by atoms with Crippen LogP contribution in [0.4, 0.5) is 5.69 Å². The molecule has 0 heterocycles. The van der Waals surface area contributed by atoms with Gasteiger partial charge < -0.3 is 14.8 Å². The van der Waals surface area contributed by atoms with Gasteiger partial charge >= 0.3 is 0 Å². The highest BCUT2D eigenvalue weighted by Gasteiger charge is 2.05. The van der Waals surface area contributed by atoms with E-state index in [-0.39, 0.29) is 12.5 Å². The first-order chi connectivity index (χ1) is 13.6. The van der Waals surface area contributed by atoms with Crippen molar-refractivity contribution in [2.45, 2.75) is 26.4 Å². The standard InChI is InChI=1S/C24H25NO3/c1-18(2)20-8-10-21(11-9-20)25-24(26)17-28-23-14-12-22(13-15-23)27-16-19-6-4-3-5-7-19/h3-15,18H,16-17H2,1-2H3,(H,25,26). The van der Waals surface area contributed by atoms with Gasteiger partial charge in [0.2, 0.25) is 0 Å². The Morgan fingerprint density at radius 3 is 2.04 bits per heavy atom. The molecule has 0 radical (unpaired) electrons. The summed E-state index contributed by atoms with van der Waals surface area (Å²) in [6.45, 7) is 4.74. The number of amides is 1. The fourth-order valence-corrected chi connectivity index (χ4v) is 2.67. The van der Waals surface area contributed by atoms with Crippen molar-refractivity contribution >= 4 is 11.6 Å². The number of ether oxygens (including phenoxy) is 2. The summed E-state index contributed by atoms with van der Waals surface area (Å²) >= 11 is 0. The van der Waals surface area contributed by atoms with Gasteiger partial charge in [-0.15, -0.1) is 0 Å². The van der Waals surface area contributed by atoms with Crippen LogP contribution in [-0.4, -0.2) is 12.5 Å². The predicted octanol–water partition coefficient (Wildman–Crippen LogP) is 5.41. The van der Waals surface area contributed by atoms with Gasteiger partial charge in [-0.3, -0.25) is 4.79 Å². The van der Waals surface area contributed by atoms with E-state index in [1.54, 1.807) is 12.1 Å². The van der Waals surface area contributed by atoms with Crippen LogP contribution in [0.1, 0.15) is 30.9 Å². The number of hydrogen-bond acceptors (Lipinski definition) is 3. The topological polar surface area (TPSA) is 47.6 Å². The SMILES string of the molecule is CC(C)c1ccc(NC(=O)COc2ccc(OCc3ccccc3)cc2)cc1. The molecule has 28 heavy (non-hydrogen) atoms. The van der Waals surface area contributed by atoms with Crippen molar-refractivity contribution in [1.29, 1.82) is 0 Å². The maximum absolute atomic E-state index is 12.1. The molecule has 0 spiro atoms. The Morgan fingerprint density at radius 2 is 1.43 bits per heavy atom. The van der Waals surface area contributed by atoms with Gasteiger partial charge in [0, 0.05) is 5.69 Å². The Bertz CT molecular complexity index is 872. The van der Waals surface area contributed by atoms with E-state index in [9.17, 15) is 4.79 Å². The second-order valence-electron chi connectivity index (χ2n) is 6.86. The molecule has 144 valence electrons. The molecule has 1 N–H and O–H groups in total. The summed E-state index contributed by atoms with van der Waals surface area (Å²) in [4.78, 5) is 12.1. The Labute approximate surface area is 166 Å². The summed E-state index contributed by atoms with van der Waals surface area (Å²) in [5.41, 5.74) is 3.12. The van der Waals surface area contributed by atoms with Crippen LogP contribution in [0.15, 0.2) is 78.9 Å². The van der Waals surface area contributed by atoms with Crippen LogP contribution in [0, 0.1) is 0 Å². The van der Waals surface area contributed by atoms with E-state index in [4.69, 9.17) is 9.47 Å². The van der Waals surface area contributed by atoms with Crippen molar-refractivity contribution in [2.24, 2.45) is 0 Å². The third-order valence-corrected chi connectivity index (χ3v) is 4.30. The third-order valence-electron chi connectivity index (χ3n) is 4.30. The van der Waals surface area contributed by atoms with Gasteiger partial charge in [0.05, 0.1) is 0 Å². The Morgan fingerprint density at radius 1 is 0.821 bits per heavy atom. The Kier molecular flexibility index (Phi) is 6.68. The zero-order valence-corrected chi connectivity index (χ0v) is 16.2. The van der Waals surface area contributed by atoms with Gasteiger partial charge in [0.1, 0.15) is 18.1 Å². The van der Waals surface area contributed by atoms with Crippen LogP contribution in [0.5, 0.6) is 11.5 Å². The van der Waals surface area contributed by atoms with Crippen molar-refractivity contribution in [2.75, 3.05) is 11.9 Å². The van der Waals surface area contributed by atoms with E-state index < -0.39 is 0 Å². The highest BCUT2D eigenvalue weighted by atomic mass is 16.5. The molecule has 3 aromatic carbocycles. The molecule has 0 bridgehead atoms. The summed E-state index contributed by atoms with van der Waals surface area (Å²) in [6, 6.07) is 25.1. The lowest BCUT2D eigenvalue weighted by Gasteiger charge is -2.10. The summed E-state index contributed by atoms with van der Waals surface area (Å²) in [7, 11) is 0. The predicted molar refractivity (Wildman–Crippen MR) is 112 cm³/mol. The van der Waals surface area contributed by atoms with Crippen molar-refractivity contribution < 1.29 is 14.3 Å². The molecule has 0 aliphatic rings. The fraction of sp³-hybridized carbons (Fsp3) is 0.208.